The van der Waals surface area contributed by atoms with Crippen LogP contribution in [-0.4, -0.2) is 32.5 Å². The summed E-state index contributed by atoms with van der Waals surface area (Å²) in [5.41, 5.74) is 2.28. The van der Waals surface area contributed by atoms with Crippen LogP contribution in [0.15, 0.2) is 36.4 Å². The molecule has 0 amide bonds. The minimum Gasteiger partial charge on any atom is -0.504 e. The van der Waals surface area contributed by atoms with Crippen molar-refractivity contribution in [3.8, 4) is 23.0 Å². The fourth-order valence-corrected chi connectivity index (χ4v) is 5.05. The van der Waals surface area contributed by atoms with Crippen molar-refractivity contribution in [3.05, 3.63) is 47.5 Å². The van der Waals surface area contributed by atoms with Gasteiger partial charge in [0.1, 0.15) is 0 Å². The molecular weight excluding hydrogens is 332 g/mol. The molecule has 0 spiro atoms. The van der Waals surface area contributed by atoms with Crippen LogP contribution >= 0.6 is 0 Å². The third-order valence-corrected chi connectivity index (χ3v) is 7.87. The normalized spacial score (nSPS) is 11.4. The van der Waals surface area contributed by atoms with Crippen LogP contribution in [0.5, 0.6) is 23.0 Å². The van der Waals surface area contributed by atoms with Crippen LogP contribution in [-0.2, 0) is 12.8 Å². The average Bonchev–Trinajstić information content (AvgIpc) is 2.59. The van der Waals surface area contributed by atoms with E-state index in [1.807, 2.05) is 24.3 Å². The Bertz CT molecular complexity index is 653. The molecule has 4 nitrogen and oxygen atoms in total. The lowest BCUT2D eigenvalue weighted by molar-refractivity contribution is 0.373. The third-order valence-electron chi connectivity index (χ3n) is 4.67. The number of methoxy groups -OCH3 is 2. The van der Waals surface area contributed by atoms with Gasteiger partial charge in [0, 0.05) is 8.07 Å². The molecule has 0 aromatic heterocycles. The summed E-state index contributed by atoms with van der Waals surface area (Å²) in [6.07, 6.45) is 1.93. The molecular formula is C20H28O4Si. The molecule has 136 valence electrons. The van der Waals surface area contributed by atoms with E-state index in [1.54, 1.807) is 26.4 Å². The van der Waals surface area contributed by atoms with E-state index in [0.29, 0.717) is 11.5 Å². The van der Waals surface area contributed by atoms with Crippen LogP contribution in [0.25, 0.3) is 0 Å². The van der Waals surface area contributed by atoms with E-state index >= 15 is 0 Å². The van der Waals surface area contributed by atoms with Gasteiger partial charge in [0.2, 0.25) is 0 Å². The van der Waals surface area contributed by atoms with Crippen LogP contribution in [0.1, 0.15) is 11.1 Å². The molecule has 0 aliphatic carbocycles. The number of benzene rings is 2. The van der Waals surface area contributed by atoms with Gasteiger partial charge in [-0.2, -0.15) is 0 Å². The predicted octanol–water partition coefficient (Wildman–Crippen LogP) is 4.61. The van der Waals surface area contributed by atoms with Crippen molar-refractivity contribution in [2.45, 2.75) is 38.0 Å². The van der Waals surface area contributed by atoms with Gasteiger partial charge >= 0.3 is 0 Å². The third kappa shape index (κ3) is 5.43. The highest BCUT2D eigenvalue weighted by atomic mass is 28.3. The van der Waals surface area contributed by atoms with Crippen molar-refractivity contribution in [2.75, 3.05) is 14.2 Å². The second-order valence-corrected chi connectivity index (χ2v) is 12.5. The molecule has 2 N–H and O–H groups in total. The maximum Gasteiger partial charge on any atom is 0.160 e. The first-order chi connectivity index (χ1) is 11.8. The lowest BCUT2D eigenvalue weighted by atomic mass is 10.1. The Labute approximate surface area is 151 Å². The molecule has 0 fully saturated rings. The van der Waals surface area contributed by atoms with Crippen molar-refractivity contribution < 1.29 is 19.7 Å². The van der Waals surface area contributed by atoms with Crippen LogP contribution in [0.4, 0.5) is 0 Å². The maximum atomic E-state index is 9.89. The lowest BCUT2D eigenvalue weighted by Crippen LogP contribution is -2.26. The van der Waals surface area contributed by atoms with Gasteiger partial charge in [-0.15, -0.1) is 0 Å². The molecule has 0 bridgehead atoms. The molecule has 0 aliphatic rings. The van der Waals surface area contributed by atoms with Crippen molar-refractivity contribution in [2.24, 2.45) is 0 Å². The first-order valence-electron chi connectivity index (χ1n) is 8.56. The molecule has 25 heavy (non-hydrogen) atoms. The number of hydrogen-bond acceptors (Lipinski definition) is 4. The quantitative estimate of drug-likeness (QED) is 0.675. The fraction of sp³-hybridized carbons (Fsp3) is 0.400. The van der Waals surface area contributed by atoms with Crippen molar-refractivity contribution >= 4 is 8.07 Å². The van der Waals surface area contributed by atoms with E-state index in [1.165, 1.54) is 0 Å². The van der Waals surface area contributed by atoms with Gasteiger partial charge in [0.15, 0.2) is 23.0 Å². The molecule has 0 saturated carbocycles. The van der Waals surface area contributed by atoms with Crippen molar-refractivity contribution in [3.63, 3.8) is 0 Å². The molecule has 2 aromatic carbocycles. The Morgan fingerprint density at radius 3 is 1.48 bits per heavy atom. The predicted molar refractivity (Wildman–Crippen MR) is 104 cm³/mol. The van der Waals surface area contributed by atoms with Gasteiger partial charge in [-0.1, -0.05) is 37.3 Å². The van der Waals surface area contributed by atoms with Gasteiger partial charge in [-0.25, -0.2) is 0 Å². The first-order valence-corrected chi connectivity index (χ1v) is 12.0. The summed E-state index contributed by atoms with van der Waals surface area (Å²) in [7, 11) is 1.74. The molecule has 0 heterocycles. The number of aryl methyl sites for hydroxylation is 2. The van der Waals surface area contributed by atoms with Crippen LogP contribution < -0.4 is 9.47 Å². The van der Waals surface area contributed by atoms with E-state index in [0.717, 1.165) is 36.1 Å². The maximum absolute atomic E-state index is 9.89. The molecule has 0 atom stereocenters. The van der Waals surface area contributed by atoms with Crippen LogP contribution in [0.2, 0.25) is 25.2 Å². The Morgan fingerprint density at radius 2 is 1.16 bits per heavy atom. The molecule has 2 aromatic rings. The Hall–Kier alpha value is -2.14. The minimum atomic E-state index is -1.37. The second kappa shape index (κ2) is 8.29. The van der Waals surface area contributed by atoms with Crippen LogP contribution in [0, 0.1) is 0 Å². The number of rotatable bonds is 8. The number of hydrogen-bond donors (Lipinski definition) is 2. The van der Waals surface area contributed by atoms with Crippen LogP contribution in [0.3, 0.4) is 0 Å². The SMILES string of the molecule is COc1ccc(CC[Si](C)(C)CCc2ccc(OC)c(O)c2)cc1O. The minimum absolute atomic E-state index is 0.202. The van der Waals surface area contributed by atoms with E-state index < -0.39 is 8.07 Å². The molecule has 0 aliphatic heterocycles. The summed E-state index contributed by atoms with van der Waals surface area (Å²) in [4.78, 5) is 0. The fourth-order valence-electron chi connectivity index (χ4n) is 2.87. The summed E-state index contributed by atoms with van der Waals surface area (Å²) >= 11 is 0. The Morgan fingerprint density at radius 1 is 0.760 bits per heavy atom. The summed E-state index contributed by atoms with van der Waals surface area (Å²) in [5, 5.41) is 19.8. The zero-order chi connectivity index (χ0) is 18.4. The average molecular weight is 361 g/mol. The second-order valence-electron chi connectivity index (χ2n) is 7.18. The van der Waals surface area contributed by atoms with Crippen molar-refractivity contribution in [1.82, 2.24) is 0 Å². The van der Waals surface area contributed by atoms with E-state index in [9.17, 15) is 10.2 Å². The van der Waals surface area contributed by atoms with E-state index in [-0.39, 0.29) is 11.5 Å². The summed E-state index contributed by atoms with van der Waals surface area (Å²) in [6, 6.07) is 13.6. The van der Waals surface area contributed by atoms with Gasteiger partial charge in [0.05, 0.1) is 14.2 Å². The molecule has 2 rings (SSSR count). The van der Waals surface area contributed by atoms with Gasteiger partial charge in [-0.05, 0) is 48.2 Å². The van der Waals surface area contributed by atoms with E-state index in [4.69, 9.17) is 9.47 Å². The number of phenolic OH excluding ortho intramolecular Hbond substituents is 2. The monoisotopic (exact) mass is 360 g/mol. The Kier molecular flexibility index (Phi) is 6.37. The standard InChI is InChI=1S/C20H28O4Si/c1-23-19-7-5-15(13-17(19)21)9-11-25(3,4)12-10-16-6-8-20(24-2)18(22)14-16/h5-8,13-14,21-22H,9-12H2,1-4H3. The highest BCUT2D eigenvalue weighted by molar-refractivity contribution is 6.77. The topological polar surface area (TPSA) is 58.9 Å². The largest absolute Gasteiger partial charge is 0.504 e. The number of phenols is 2. The summed E-state index contributed by atoms with van der Waals surface area (Å²) in [6.45, 7) is 4.78. The zero-order valence-corrected chi connectivity index (χ0v) is 16.5. The number of ether oxygens (including phenoxy) is 2. The van der Waals surface area contributed by atoms with Gasteiger partial charge < -0.3 is 19.7 Å². The first kappa shape index (κ1) is 19.2. The zero-order valence-electron chi connectivity index (χ0n) is 15.5. The molecule has 5 heteroatoms. The highest BCUT2D eigenvalue weighted by Gasteiger charge is 2.20. The smallest absolute Gasteiger partial charge is 0.160 e. The van der Waals surface area contributed by atoms with Crippen molar-refractivity contribution in [1.29, 1.82) is 0 Å². The molecule has 0 radical (unpaired) electrons. The van der Waals surface area contributed by atoms with Gasteiger partial charge in [-0.3, -0.25) is 0 Å². The lowest BCUT2D eigenvalue weighted by Gasteiger charge is -2.22. The molecule has 0 saturated heterocycles. The van der Waals surface area contributed by atoms with Gasteiger partial charge in [0.25, 0.3) is 0 Å². The highest BCUT2D eigenvalue weighted by Crippen LogP contribution is 2.30. The Balaban J connectivity index is 1.91. The summed E-state index contributed by atoms with van der Waals surface area (Å²) in [5.74, 6) is 1.43. The van der Waals surface area contributed by atoms with E-state index in [2.05, 4.69) is 13.1 Å². The summed E-state index contributed by atoms with van der Waals surface area (Å²) < 4.78 is 10.2. The molecule has 0 unspecified atom stereocenters. The number of aromatic hydroxyl groups is 2.